The molecule has 0 saturated carbocycles. The highest BCUT2D eigenvalue weighted by Crippen LogP contribution is 2.15. The van der Waals surface area contributed by atoms with E-state index in [1.54, 1.807) is 23.1 Å². The fraction of sp³-hybridized carbons (Fsp3) is 0.500. The molecule has 0 radical (unpaired) electrons. The molecule has 0 saturated heterocycles. The minimum Gasteiger partial charge on any atom is -0.480 e. The van der Waals surface area contributed by atoms with Crippen LogP contribution in [0.2, 0.25) is 0 Å². The second kappa shape index (κ2) is 8.06. The summed E-state index contributed by atoms with van der Waals surface area (Å²) in [5.74, 6) is -0.315. The monoisotopic (exact) mass is 302 g/mol. The smallest absolute Gasteiger partial charge is 0.326 e. The summed E-state index contributed by atoms with van der Waals surface area (Å²) < 4.78 is 0. The molecule has 0 bridgehead atoms. The van der Waals surface area contributed by atoms with E-state index in [1.165, 1.54) is 0 Å². The van der Waals surface area contributed by atoms with Gasteiger partial charge >= 0.3 is 12.0 Å². The third-order valence-electron chi connectivity index (χ3n) is 2.60. The number of thioether (sulfide) groups is 1. The number of hydrogen-bond acceptors (Lipinski definition) is 4. The van der Waals surface area contributed by atoms with Crippen LogP contribution in [0.1, 0.15) is 24.9 Å². The van der Waals surface area contributed by atoms with Gasteiger partial charge in [0.1, 0.15) is 6.04 Å². The van der Waals surface area contributed by atoms with Gasteiger partial charge in [-0.2, -0.15) is 23.1 Å². The molecule has 1 rings (SSSR count). The minimum absolute atomic E-state index is 0.138. The molecule has 0 fully saturated rings. The Kier molecular flexibility index (Phi) is 6.72. The quantitative estimate of drug-likeness (QED) is 0.722. The van der Waals surface area contributed by atoms with Crippen molar-refractivity contribution >= 4 is 35.1 Å². The second-order valence-corrected chi connectivity index (χ2v) is 5.83. The van der Waals surface area contributed by atoms with Crippen LogP contribution in [0.3, 0.4) is 0 Å². The summed E-state index contributed by atoms with van der Waals surface area (Å²) in [5.41, 5.74) is 1.01. The van der Waals surface area contributed by atoms with E-state index in [0.29, 0.717) is 12.2 Å². The number of carboxylic acid groups (broad SMARTS) is 1. The Morgan fingerprint density at radius 3 is 2.74 bits per heavy atom. The molecule has 106 valence electrons. The number of hydrogen-bond donors (Lipinski definition) is 3. The molecular weight excluding hydrogens is 284 g/mol. The fourth-order valence-corrected chi connectivity index (χ4v) is 2.72. The number of aliphatic carboxylic acids is 1. The van der Waals surface area contributed by atoms with Crippen molar-refractivity contribution in [3.63, 3.8) is 0 Å². The third-order valence-corrected chi connectivity index (χ3v) is 3.95. The first-order chi connectivity index (χ1) is 9.04. The largest absolute Gasteiger partial charge is 0.480 e. The average Bonchev–Trinajstić information content (AvgIpc) is 2.87. The highest BCUT2D eigenvalue weighted by atomic mass is 32.2. The average molecular weight is 302 g/mol. The van der Waals surface area contributed by atoms with Crippen molar-refractivity contribution in [2.24, 2.45) is 0 Å². The van der Waals surface area contributed by atoms with Crippen LogP contribution in [0.25, 0.3) is 0 Å². The van der Waals surface area contributed by atoms with Crippen LogP contribution in [0.5, 0.6) is 0 Å². The van der Waals surface area contributed by atoms with E-state index in [2.05, 4.69) is 10.6 Å². The lowest BCUT2D eigenvalue weighted by atomic mass is 10.2. The van der Waals surface area contributed by atoms with Crippen molar-refractivity contribution in [1.82, 2.24) is 10.6 Å². The molecule has 2 unspecified atom stereocenters. The van der Waals surface area contributed by atoms with Gasteiger partial charge in [0.25, 0.3) is 0 Å². The topological polar surface area (TPSA) is 78.4 Å². The maximum absolute atomic E-state index is 11.7. The number of amides is 2. The molecule has 0 aliphatic carbocycles. The zero-order valence-electron chi connectivity index (χ0n) is 10.9. The highest BCUT2D eigenvalue weighted by Gasteiger charge is 2.20. The molecule has 2 amide bonds. The van der Waals surface area contributed by atoms with Crippen LogP contribution >= 0.6 is 23.1 Å². The zero-order chi connectivity index (χ0) is 14.3. The Morgan fingerprint density at radius 2 is 2.21 bits per heavy atom. The second-order valence-electron chi connectivity index (χ2n) is 4.07. The fourth-order valence-electron chi connectivity index (χ4n) is 1.49. The van der Waals surface area contributed by atoms with Gasteiger partial charge in [0.15, 0.2) is 0 Å². The van der Waals surface area contributed by atoms with E-state index in [4.69, 9.17) is 5.11 Å². The predicted octanol–water partition coefficient (Wildman–Crippen LogP) is 2.31. The summed E-state index contributed by atoms with van der Waals surface area (Å²) in [4.78, 5) is 22.7. The number of carbonyl (C=O) groups is 2. The van der Waals surface area contributed by atoms with Crippen molar-refractivity contribution < 1.29 is 14.7 Å². The molecule has 19 heavy (non-hydrogen) atoms. The lowest BCUT2D eigenvalue weighted by Crippen LogP contribution is -2.46. The number of thiophene rings is 1. The van der Waals surface area contributed by atoms with Crippen molar-refractivity contribution in [2.45, 2.75) is 25.4 Å². The van der Waals surface area contributed by atoms with Gasteiger partial charge in [0.2, 0.25) is 0 Å². The van der Waals surface area contributed by atoms with Gasteiger partial charge in [0, 0.05) is 0 Å². The molecular formula is C12H18N2O3S2. The van der Waals surface area contributed by atoms with Crippen LogP contribution in [0, 0.1) is 0 Å². The number of carboxylic acids is 1. The predicted molar refractivity (Wildman–Crippen MR) is 78.8 cm³/mol. The van der Waals surface area contributed by atoms with E-state index >= 15 is 0 Å². The van der Waals surface area contributed by atoms with Gasteiger partial charge in [-0.15, -0.1) is 0 Å². The van der Waals surface area contributed by atoms with Gasteiger partial charge < -0.3 is 15.7 Å². The molecule has 0 aliphatic rings. The van der Waals surface area contributed by atoms with Crippen molar-refractivity contribution in [3.05, 3.63) is 22.4 Å². The molecule has 0 aliphatic heterocycles. The SMILES string of the molecule is CSCCC(NC(=O)NC(C)c1ccsc1)C(=O)O. The number of nitrogens with one attached hydrogen (secondary N) is 2. The van der Waals surface area contributed by atoms with E-state index in [-0.39, 0.29) is 6.04 Å². The summed E-state index contributed by atoms with van der Waals surface area (Å²) in [7, 11) is 0. The summed E-state index contributed by atoms with van der Waals surface area (Å²) in [5, 5.41) is 18.1. The zero-order valence-corrected chi connectivity index (χ0v) is 12.5. The molecule has 3 N–H and O–H groups in total. The lowest BCUT2D eigenvalue weighted by Gasteiger charge is -2.17. The van der Waals surface area contributed by atoms with Gasteiger partial charge in [-0.25, -0.2) is 9.59 Å². The number of carbonyl (C=O) groups excluding carboxylic acids is 1. The number of urea groups is 1. The van der Waals surface area contributed by atoms with E-state index in [1.807, 2.05) is 30.0 Å². The first-order valence-corrected chi connectivity index (χ1v) is 8.19. The Labute approximate surface area is 120 Å². The Hall–Kier alpha value is -1.21. The first-order valence-electron chi connectivity index (χ1n) is 5.85. The van der Waals surface area contributed by atoms with Crippen molar-refractivity contribution in [2.75, 3.05) is 12.0 Å². The van der Waals surface area contributed by atoms with Crippen molar-refractivity contribution in [3.8, 4) is 0 Å². The third kappa shape index (κ3) is 5.52. The normalized spacial score (nSPS) is 13.6. The van der Waals surface area contributed by atoms with Gasteiger partial charge in [0.05, 0.1) is 6.04 Å². The molecule has 7 heteroatoms. The van der Waals surface area contributed by atoms with Crippen LogP contribution < -0.4 is 10.6 Å². The molecule has 2 atom stereocenters. The first kappa shape index (κ1) is 15.8. The molecule has 1 heterocycles. The maximum atomic E-state index is 11.7. The summed E-state index contributed by atoms with van der Waals surface area (Å²) >= 11 is 3.11. The van der Waals surface area contributed by atoms with Gasteiger partial charge in [-0.1, -0.05) is 0 Å². The lowest BCUT2D eigenvalue weighted by molar-refractivity contribution is -0.139. The Morgan fingerprint density at radius 1 is 1.47 bits per heavy atom. The molecule has 1 aromatic heterocycles. The summed E-state index contributed by atoms with van der Waals surface area (Å²) in [6.45, 7) is 1.86. The van der Waals surface area contributed by atoms with Gasteiger partial charge in [-0.3, -0.25) is 0 Å². The summed E-state index contributed by atoms with van der Waals surface area (Å²) in [6.07, 6.45) is 2.31. The van der Waals surface area contributed by atoms with E-state index < -0.39 is 18.0 Å². The van der Waals surface area contributed by atoms with E-state index in [9.17, 15) is 9.59 Å². The number of rotatable bonds is 7. The van der Waals surface area contributed by atoms with Crippen LogP contribution in [0.15, 0.2) is 16.8 Å². The Bertz CT molecular complexity index is 409. The summed E-state index contributed by atoms with van der Waals surface area (Å²) in [6, 6.07) is 0.494. The standard InChI is InChI=1S/C12H18N2O3S2/c1-8(9-3-6-19-7-9)13-12(17)14-10(11(15)16)4-5-18-2/h3,6-8,10H,4-5H2,1-2H3,(H,15,16)(H2,13,14,17). The Balaban J connectivity index is 2.46. The molecule has 1 aromatic rings. The highest BCUT2D eigenvalue weighted by molar-refractivity contribution is 7.98. The van der Waals surface area contributed by atoms with Gasteiger partial charge in [-0.05, 0) is 47.7 Å². The molecule has 0 aromatic carbocycles. The minimum atomic E-state index is -1.01. The maximum Gasteiger partial charge on any atom is 0.326 e. The molecule has 0 spiro atoms. The van der Waals surface area contributed by atoms with Crippen molar-refractivity contribution in [1.29, 1.82) is 0 Å². The van der Waals surface area contributed by atoms with Crippen LogP contribution in [0.4, 0.5) is 4.79 Å². The van der Waals surface area contributed by atoms with Crippen LogP contribution in [-0.2, 0) is 4.79 Å². The van der Waals surface area contributed by atoms with E-state index in [0.717, 1.165) is 5.56 Å². The van der Waals surface area contributed by atoms with Crippen LogP contribution in [-0.4, -0.2) is 35.2 Å². The molecule has 5 nitrogen and oxygen atoms in total.